The van der Waals surface area contributed by atoms with Gasteiger partial charge in [0.1, 0.15) is 5.69 Å². The second-order valence-corrected chi connectivity index (χ2v) is 3.72. The van der Waals surface area contributed by atoms with Gasteiger partial charge < -0.3 is 24.0 Å². The zero-order chi connectivity index (χ0) is 11.9. The van der Waals surface area contributed by atoms with Crippen LogP contribution in [0.15, 0.2) is 54.7 Å². The van der Waals surface area contributed by atoms with Crippen LogP contribution in [-0.4, -0.2) is 10.7 Å². The van der Waals surface area contributed by atoms with Crippen molar-refractivity contribution in [1.29, 1.82) is 0 Å². The van der Waals surface area contributed by atoms with E-state index in [9.17, 15) is 0 Å². The van der Waals surface area contributed by atoms with E-state index in [-0.39, 0.29) is 24.0 Å². The van der Waals surface area contributed by atoms with Gasteiger partial charge in [-0.15, -0.1) is 0 Å². The van der Waals surface area contributed by atoms with Crippen molar-refractivity contribution in [3.63, 3.8) is 0 Å². The van der Waals surface area contributed by atoms with Gasteiger partial charge in [-0.05, 0) is 22.9 Å². The second kappa shape index (κ2) is 7.81. The van der Waals surface area contributed by atoms with Crippen molar-refractivity contribution in [2.45, 2.75) is 13.5 Å². The van der Waals surface area contributed by atoms with Crippen molar-refractivity contribution in [3.8, 4) is 0 Å². The number of nitrogens with zero attached hydrogens (tertiary/aromatic N) is 1. The van der Waals surface area contributed by atoms with Gasteiger partial charge in [-0.25, -0.2) is 0 Å². The van der Waals surface area contributed by atoms with E-state index in [1.54, 1.807) is 6.20 Å². The third kappa shape index (κ3) is 4.44. The third-order valence-electron chi connectivity index (χ3n) is 2.36. The maximum atomic E-state index is 5.41. The zero-order valence-corrected chi connectivity index (χ0v) is 12.3. The Balaban J connectivity index is 0.00000162. The highest BCUT2D eigenvalue weighted by molar-refractivity contribution is 5.91. The van der Waals surface area contributed by atoms with Gasteiger partial charge in [0, 0.05) is 13.1 Å². The fourth-order valence-corrected chi connectivity index (χ4v) is 1.44. The molecule has 0 spiro atoms. The number of pyridine rings is 1. The average molecular weight is 354 g/mol. The summed E-state index contributed by atoms with van der Waals surface area (Å²) in [6.07, 6.45) is 1.76. The summed E-state index contributed by atoms with van der Waals surface area (Å²) in [5.41, 5.74) is 2.93. The smallest absolute Gasteiger partial charge is 0.247 e. The molecule has 0 bridgehead atoms. The van der Waals surface area contributed by atoms with Gasteiger partial charge >= 0.3 is 0 Å². The molecule has 0 aliphatic heterocycles. The van der Waals surface area contributed by atoms with E-state index in [0.29, 0.717) is 6.61 Å². The van der Waals surface area contributed by atoms with Crippen LogP contribution in [0, 0.1) is 0 Å². The molecular weight excluding hydrogens is 339 g/mol. The Hall–Kier alpha value is -1.43. The first-order valence-electron chi connectivity index (χ1n) is 5.53. The Bertz CT molecular complexity index is 486. The number of nitrogens with one attached hydrogen (secondary N) is 1. The molecule has 0 radical (unpaired) electrons. The van der Waals surface area contributed by atoms with Crippen LogP contribution in [0.2, 0.25) is 0 Å². The lowest BCUT2D eigenvalue weighted by atomic mass is 10.2. The molecule has 3 nitrogen and oxygen atoms in total. The van der Waals surface area contributed by atoms with Gasteiger partial charge in [0.15, 0.2) is 6.61 Å². The monoisotopic (exact) mass is 354 g/mol. The van der Waals surface area contributed by atoms with E-state index in [0.717, 1.165) is 17.0 Å². The molecule has 0 unspecified atom stereocenters. The van der Waals surface area contributed by atoms with Crippen molar-refractivity contribution in [3.05, 3.63) is 66.0 Å². The molecule has 0 saturated heterocycles. The summed E-state index contributed by atoms with van der Waals surface area (Å²) in [5, 5.41) is 2.90. The van der Waals surface area contributed by atoms with Gasteiger partial charge in [-0.2, -0.15) is 0 Å². The molecule has 1 N–H and O–H groups in total. The van der Waals surface area contributed by atoms with Gasteiger partial charge in [0.25, 0.3) is 0 Å². The first-order valence-corrected chi connectivity index (χ1v) is 5.53. The summed E-state index contributed by atoms with van der Waals surface area (Å²) < 4.78 is 0. The molecule has 0 amide bonds. The summed E-state index contributed by atoms with van der Waals surface area (Å²) in [6.45, 7) is 2.47. The number of hydrogen-bond donors (Lipinski definition) is 1. The van der Waals surface area contributed by atoms with Gasteiger partial charge in [0.05, 0.1) is 0 Å². The Morgan fingerprint density at radius 3 is 2.50 bits per heavy atom. The first-order chi connectivity index (χ1) is 8.36. The quantitative estimate of drug-likeness (QED) is 0.396. The van der Waals surface area contributed by atoms with Crippen LogP contribution in [-0.2, 0) is 11.4 Å². The number of aromatic nitrogens is 1. The highest BCUT2D eigenvalue weighted by atomic mass is 127. The molecule has 2 aromatic rings. The molecule has 0 fully saturated rings. The fraction of sp³-hybridized carbons (Fsp3) is 0.143. The first kappa shape index (κ1) is 14.6. The molecule has 0 aliphatic carbocycles. The normalized spacial score (nSPS) is 10.6. The Kier molecular flexibility index (Phi) is 6.35. The van der Waals surface area contributed by atoms with E-state index in [4.69, 9.17) is 4.84 Å². The van der Waals surface area contributed by atoms with E-state index < -0.39 is 0 Å². The van der Waals surface area contributed by atoms with Crippen molar-refractivity contribution < 1.29 is 34.0 Å². The van der Waals surface area contributed by atoms with E-state index >= 15 is 0 Å². The minimum absolute atomic E-state index is 0. The van der Waals surface area contributed by atoms with Crippen LogP contribution in [0.5, 0.6) is 0 Å². The number of halogens is 1. The molecule has 1 heterocycles. The molecule has 0 saturated carbocycles. The summed E-state index contributed by atoms with van der Waals surface area (Å²) in [4.78, 5) is 9.63. The van der Waals surface area contributed by atoms with Gasteiger partial charge in [-0.3, -0.25) is 9.82 Å². The van der Waals surface area contributed by atoms with Crippen molar-refractivity contribution in [1.82, 2.24) is 4.98 Å². The minimum Gasteiger partial charge on any atom is -1.00 e. The standard InChI is InChI=1S/C14H14N2O.HI/c1-12(14-9-5-6-10-15-14)16-17-11-13-7-3-2-4-8-13;/h2-10H,11H2,1H3;1H. The Morgan fingerprint density at radius 2 is 1.83 bits per heavy atom. The van der Waals surface area contributed by atoms with Crippen molar-refractivity contribution in [2.24, 2.45) is 0 Å². The van der Waals surface area contributed by atoms with E-state index in [1.807, 2.05) is 55.5 Å². The third-order valence-corrected chi connectivity index (χ3v) is 2.36. The van der Waals surface area contributed by atoms with Crippen LogP contribution in [0.3, 0.4) is 0 Å². The molecule has 0 atom stereocenters. The number of rotatable bonds is 4. The Morgan fingerprint density at radius 1 is 1.11 bits per heavy atom. The largest absolute Gasteiger partial charge is 1.00 e. The topological polar surface area (TPSA) is 36.1 Å². The summed E-state index contributed by atoms with van der Waals surface area (Å²) >= 11 is 0. The number of benzene rings is 1. The van der Waals surface area contributed by atoms with Gasteiger partial charge in [0.2, 0.25) is 5.71 Å². The summed E-state index contributed by atoms with van der Waals surface area (Å²) in [7, 11) is 0. The predicted molar refractivity (Wildman–Crippen MR) is 66.2 cm³/mol. The summed E-state index contributed by atoms with van der Waals surface area (Å²) in [5.74, 6) is 0. The van der Waals surface area contributed by atoms with Crippen molar-refractivity contribution >= 4 is 5.71 Å². The maximum absolute atomic E-state index is 5.41. The molecule has 1 aromatic carbocycles. The number of hydrogen-bond acceptors (Lipinski definition) is 2. The van der Waals surface area contributed by atoms with Crippen molar-refractivity contribution in [2.75, 3.05) is 0 Å². The highest BCUT2D eigenvalue weighted by Gasteiger charge is 2.04. The molecular formula is C14H15IN2O. The Labute approximate surface area is 124 Å². The predicted octanol–water partition coefficient (Wildman–Crippen LogP) is -1.89. The molecule has 18 heavy (non-hydrogen) atoms. The van der Waals surface area contributed by atoms with Crippen LogP contribution < -0.4 is 29.1 Å². The molecule has 4 heteroatoms. The van der Waals surface area contributed by atoms with Crippen LogP contribution in [0.1, 0.15) is 18.2 Å². The second-order valence-electron chi connectivity index (χ2n) is 3.72. The molecule has 0 aliphatic rings. The van der Waals surface area contributed by atoms with Crippen LogP contribution in [0.25, 0.3) is 0 Å². The molecule has 1 aromatic heterocycles. The zero-order valence-electron chi connectivity index (χ0n) is 10.1. The lowest BCUT2D eigenvalue weighted by Gasteiger charge is -1.96. The van der Waals surface area contributed by atoms with E-state index in [1.165, 1.54) is 0 Å². The minimum atomic E-state index is 0. The average Bonchev–Trinajstić information content (AvgIpc) is 2.41. The lowest BCUT2D eigenvalue weighted by Crippen LogP contribution is -3.00. The van der Waals surface area contributed by atoms with Crippen LogP contribution >= 0.6 is 0 Å². The SMILES string of the molecule is CC(=[NH+]OCc1ccccc1)c1ccccn1.[I-]. The summed E-state index contributed by atoms with van der Waals surface area (Å²) in [6, 6.07) is 15.8. The van der Waals surface area contributed by atoms with E-state index in [2.05, 4.69) is 10.1 Å². The van der Waals surface area contributed by atoms with Crippen LogP contribution in [0.4, 0.5) is 0 Å². The molecule has 2 rings (SSSR count). The maximum Gasteiger partial charge on any atom is 0.247 e. The molecule has 94 valence electrons. The highest BCUT2D eigenvalue weighted by Crippen LogP contribution is 1.97. The lowest BCUT2D eigenvalue weighted by molar-refractivity contribution is -0.758. The fourth-order valence-electron chi connectivity index (χ4n) is 1.44. The van der Waals surface area contributed by atoms with Gasteiger partial charge in [-0.1, -0.05) is 36.4 Å².